The van der Waals surface area contributed by atoms with Crippen LogP contribution in [-0.4, -0.2) is 4.40 Å². The van der Waals surface area contributed by atoms with E-state index in [0.29, 0.717) is 0 Å². The van der Waals surface area contributed by atoms with E-state index in [1.165, 1.54) is 60.6 Å². The van der Waals surface area contributed by atoms with Crippen LogP contribution in [0.3, 0.4) is 0 Å². The van der Waals surface area contributed by atoms with Gasteiger partial charge < -0.3 is 0 Å². The minimum absolute atomic E-state index is 1.10. The molecule has 0 radical (unpaired) electrons. The van der Waals surface area contributed by atoms with Crippen LogP contribution >= 0.6 is 0 Å². The maximum atomic E-state index is 2.47. The van der Waals surface area contributed by atoms with Crippen LogP contribution in [0.25, 0.3) is 60.6 Å². The highest BCUT2D eigenvalue weighted by Crippen LogP contribution is 2.45. The highest BCUT2D eigenvalue weighted by atomic mass is 15.2. The third-order valence-corrected chi connectivity index (χ3v) is 9.36. The molecule has 7 aromatic carbocycles. The molecular weight excluding hydrogens is 581 g/mol. The normalized spacial score (nSPS) is 11.3. The molecule has 0 unspecified atom stereocenters. The molecule has 2 heterocycles. The van der Waals surface area contributed by atoms with Crippen molar-refractivity contribution in [2.75, 3.05) is 4.90 Å². The summed E-state index contributed by atoms with van der Waals surface area (Å²) in [6.45, 7) is 0. The van der Waals surface area contributed by atoms with Gasteiger partial charge in [0.2, 0.25) is 0 Å². The van der Waals surface area contributed by atoms with Gasteiger partial charge in [-0.1, -0.05) is 158 Å². The lowest BCUT2D eigenvalue weighted by molar-refractivity contribution is 1.16. The Morgan fingerprint density at radius 3 is 1.33 bits per heavy atom. The molecule has 0 saturated carbocycles. The van der Waals surface area contributed by atoms with E-state index in [1.54, 1.807) is 0 Å². The Morgan fingerprint density at radius 2 is 0.771 bits per heavy atom. The van der Waals surface area contributed by atoms with Gasteiger partial charge in [-0.3, -0.25) is 9.30 Å². The van der Waals surface area contributed by atoms with Gasteiger partial charge in [-0.25, -0.2) is 0 Å². The van der Waals surface area contributed by atoms with E-state index in [1.807, 2.05) is 0 Å². The average Bonchev–Trinajstić information content (AvgIpc) is 3.50. The minimum Gasteiger partial charge on any atom is -0.296 e. The van der Waals surface area contributed by atoms with Crippen LogP contribution in [0.5, 0.6) is 0 Å². The summed E-state index contributed by atoms with van der Waals surface area (Å²) in [4.78, 5) is 2.43. The first kappa shape index (κ1) is 27.9. The molecule has 0 aliphatic carbocycles. The maximum Gasteiger partial charge on any atom is 0.130 e. The molecule has 2 aromatic heterocycles. The molecule has 9 aromatic rings. The third kappa shape index (κ3) is 4.74. The van der Waals surface area contributed by atoms with Crippen molar-refractivity contribution in [3.05, 3.63) is 194 Å². The molecule has 0 aliphatic heterocycles. The number of pyridine rings is 1. The van der Waals surface area contributed by atoms with E-state index in [4.69, 9.17) is 0 Å². The molecule has 0 aliphatic rings. The molecule has 2 heteroatoms. The lowest BCUT2D eigenvalue weighted by Gasteiger charge is -2.29. The molecule has 2 nitrogen and oxygen atoms in total. The van der Waals surface area contributed by atoms with E-state index in [-0.39, 0.29) is 0 Å². The van der Waals surface area contributed by atoms with Crippen LogP contribution < -0.4 is 4.90 Å². The van der Waals surface area contributed by atoms with Gasteiger partial charge >= 0.3 is 0 Å². The number of fused-ring (bicyclic) bond motifs is 4. The van der Waals surface area contributed by atoms with E-state index >= 15 is 0 Å². The first-order chi connectivity index (χ1) is 23.8. The quantitative estimate of drug-likeness (QED) is 0.181. The van der Waals surface area contributed by atoms with Gasteiger partial charge in [0.15, 0.2) is 0 Å². The summed E-state index contributed by atoms with van der Waals surface area (Å²) in [6, 6.07) is 69.9. The molecule has 0 fully saturated rings. The van der Waals surface area contributed by atoms with Crippen LogP contribution in [-0.2, 0) is 0 Å². The predicted octanol–water partition coefficient (Wildman–Crippen LogP) is 12.7. The van der Waals surface area contributed by atoms with Crippen molar-refractivity contribution in [2.45, 2.75) is 0 Å². The van der Waals surface area contributed by atoms with Gasteiger partial charge in [-0.15, -0.1) is 0 Å². The van der Waals surface area contributed by atoms with E-state index < -0.39 is 0 Å². The zero-order chi connectivity index (χ0) is 31.9. The zero-order valence-corrected chi connectivity index (χ0v) is 26.4. The summed E-state index contributed by atoms with van der Waals surface area (Å²) in [5.41, 5.74) is 11.8. The van der Waals surface area contributed by atoms with Gasteiger partial charge in [-0.2, -0.15) is 0 Å². The first-order valence-electron chi connectivity index (χ1n) is 16.4. The fraction of sp³-hybridized carbons (Fsp3) is 0. The Hall–Kier alpha value is -6.38. The molecule has 0 atom stereocenters. The van der Waals surface area contributed by atoms with Crippen LogP contribution in [0.1, 0.15) is 0 Å². The maximum absolute atomic E-state index is 2.47. The van der Waals surface area contributed by atoms with Crippen molar-refractivity contribution < 1.29 is 0 Å². The molecule has 0 spiro atoms. The molecule has 48 heavy (non-hydrogen) atoms. The van der Waals surface area contributed by atoms with Gasteiger partial charge in [-0.05, 0) is 69.6 Å². The Kier molecular flexibility index (Phi) is 6.84. The number of hydrogen-bond acceptors (Lipinski definition) is 1. The fourth-order valence-electron chi connectivity index (χ4n) is 7.11. The average molecular weight is 613 g/mol. The van der Waals surface area contributed by atoms with Gasteiger partial charge in [0.25, 0.3) is 0 Å². The summed E-state index contributed by atoms with van der Waals surface area (Å²) >= 11 is 0. The summed E-state index contributed by atoms with van der Waals surface area (Å²) < 4.78 is 2.47. The van der Waals surface area contributed by atoms with Crippen LogP contribution in [0, 0.1) is 0 Å². The SMILES string of the molecule is c1ccc(-c2ccc(N(c3ccc(-c4ccccc4)cc3)c3c4ccccc4cc4c(-c5ccccc5)c5ccccc5n34)cc2)cc1. The standard InChI is InChI=1S/C46H32N2/c1-4-14-33(15-5-1)35-24-28-39(29-25-35)47(40-30-26-36(27-31-40)34-16-6-2-7-17-34)46-41-21-11-10-20-38(41)32-44-45(37-18-8-3-9-19-37)42-22-12-13-23-43(42)48(44)46/h1-32H. The Labute approximate surface area is 280 Å². The smallest absolute Gasteiger partial charge is 0.130 e. The highest BCUT2D eigenvalue weighted by Gasteiger charge is 2.24. The summed E-state index contributed by atoms with van der Waals surface area (Å²) in [5.74, 6) is 1.11. The molecule has 9 rings (SSSR count). The second kappa shape index (κ2) is 11.8. The molecule has 226 valence electrons. The second-order valence-corrected chi connectivity index (χ2v) is 12.2. The summed E-state index contributed by atoms with van der Waals surface area (Å²) in [5, 5.41) is 3.62. The van der Waals surface area contributed by atoms with E-state index in [0.717, 1.165) is 17.2 Å². The van der Waals surface area contributed by atoms with Crippen molar-refractivity contribution in [3.8, 4) is 33.4 Å². The van der Waals surface area contributed by atoms with E-state index in [2.05, 4.69) is 203 Å². The largest absolute Gasteiger partial charge is 0.296 e. The predicted molar refractivity (Wildman–Crippen MR) is 203 cm³/mol. The summed E-state index contributed by atoms with van der Waals surface area (Å²) in [7, 11) is 0. The van der Waals surface area contributed by atoms with Crippen LogP contribution in [0.4, 0.5) is 17.2 Å². The summed E-state index contributed by atoms with van der Waals surface area (Å²) in [6.07, 6.45) is 0. The van der Waals surface area contributed by atoms with Crippen LogP contribution in [0.15, 0.2) is 194 Å². The minimum atomic E-state index is 1.10. The van der Waals surface area contributed by atoms with Crippen molar-refractivity contribution in [1.29, 1.82) is 0 Å². The number of anilines is 3. The topological polar surface area (TPSA) is 7.65 Å². The van der Waals surface area contributed by atoms with Crippen LogP contribution in [0.2, 0.25) is 0 Å². The number of nitrogens with zero attached hydrogens (tertiary/aromatic N) is 2. The molecule has 0 saturated heterocycles. The molecular formula is C46H32N2. The van der Waals surface area contributed by atoms with Gasteiger partial charge in [0, 0.05) is 27.7 Å². The number of benzene rings is 7. The monoisotopic (exact) mass is 612 g/mol. The van der Waals surface area contributed by atoms with Crippen molar-refractivity contribution in [3.63, 3.8) is 0 Å². The fourth-order valence-corrected chi connectivity index (χ4v) is 7.11. The van der Waals surface area contributed by atoms with Crippen molar-refractivity contribution in [1.82, 2.24) is 4.40 Å². The van der Waals surface area contributed by atoms with Gasteiger partial charge in [0.05, 0.1) is 11.0 Å². The first-order valence-corrected chi connectivity index (χ1v) is 16.4. The lowest BCUT2D eigenvalue weighted by atomic mass is 10.0. The Morgan fingerprint density at radius 1 is 0.333 bits per heavy atom. The number of rotatable bonds is 6. The molecule has 0 N–H and O–H groups in total. The molecule has 0 amide bonds. The second-order valence-electron chi connectivity index (χ2n) is 12.2. The number of aromatic nitrogens is 1. The van der Waals surface area contributed by atoms with Crippen molar-refractivity contribution in [2.24, 2.45) is 0 Å². The Bertz CT molecular complexity index is 2430. The number of para-hydroxylation sites is 1. The van der Waals surface area contributed by atoms with Crippen molar-refractivity contribution >= 4 is 44.4 Å². The third-order valence-electron chi connectivity index (χ3n) is 9.36. The highest BCUT2D eigenvalue weighted by molar-refractivity contribution is 6.12. The van der Waals surface area contributed by atoms with Gasteiger partial charge in [0.1, 0.15) is 5.82 Å². The van der Waals surface area contributed by atoms with E-state index in [9.17, 15) is 0 Å². The Balaban J connectivity index is 1.35. The molecule has 0 bridgehead atoms. The number of hydrogen-bond donors (Lipinski definition) is 0. The lowest BCUT2D eigenvalue weighted by Crippen LogP contribution is -2.14. The zero-order valence-electron chi connectivity index (χ0n) is 26.4.